The molecule has 0 aromatic carbocycles. The minimum absolute atomic E-state index is 0.551. The van der Waals surface area contributed by atoms with E-state index in [0.29, 0.717) is 18.5 Å². The van der Waals surface area contributed by atoms with E-state index in [1.165, 1.54) is 32.1 Å². The zero-order valence-corrected chi connectivity index (χ0v) is 13.1. The summed E-state index contributed by atoms with van der Waals surface area (Å²) in [6, 6.07) is 6.31. The lowest BCUT2D eigenvalue weighted by Crippen LogP contribution is -2.44. The molecule has 0 spiro atoms. The van der Waals surface area contributed by atoms with Gasteiger partial charge in [-0.15, -0.1) is 0 Å². The van der Waals surface area contributed by atoms with Crippen molar-refractivity contribution < 1.29 is 4.74 Å². The van der Waals surface area contributed by atoms with Crippen LogP contribution in [0.4, 0.5) is 0 Å². The molecule has 1 fully saturated rings. The normalized spacial score (nSPS) is 16.6. The minimum Gasteiger partial charge on any atom is -0.481 e. The van der Waals surface area contributed by atoms with Gasteiger partial charge < -0.3 is 15.4 Å². The Morgan fingerprint density at radius 3 is 2.86 bits per heavy atom. The van der Waals surface area contributed by atoms with Gasteiger partial charge >= 0.3 is 0 Å². The molecule has 1 saturated carbocycles. The average Bonchev–Trinajstić information content (AvgIpc) is 2.54. The molecule has 1 aliphatic carbocycles. The molecule has 1 aliphatic rings. The first-order valence-corrected chi connectivity index (χ1v) is 7.86. The molecule has 21 heavy (non-hydrogen) atoms. The molecule has 0 saturated heterocycles. The van der Waals surface area contributed by atoms with Crippen molar-refractivity contribution in [1.29, 1.82) is 0 Å². The van der Waals surface area contributed by atoms with Gasteiger partial charge in [0, 0.05) is 18.7 Å². The summed E-state index contributed by atoms with van der Waals surface area (Å²) in [6.45, 7) is 3.51. The predicted octanol–water partition coefficient (Wildman–Crippen LogP) is 2.48. The van der Waals surface area contributed by atoms with E-state index in [-0.39, 0.29) is 0 Å². The van der Waals surface area contributed by atoms with Gasteiger partial charge in [-0.2, -0.15) is 0 Å². The highest BCUT2D eigenvalue weighted by Gasteiger charge is 2.14. The number of rotatable bonds is 5. The van der Waals surface area contributed by atoms with Crippen LogP contribution in [-0.4, -0.2) is 30.6 Å². The van der Waals surface area contributed by atoms with E-state index < -0.39 is 0 Å². The lowest BCUT2D eigenvalue weighted by Gasteiger charge is -2.24. The molecule has 0 unspecified atom stereocenters. The van der Waals surface area contributed by atoms with Crippen molar-refractivity contribution in [2.24, 2.45) is 4.99 Å². The number of ether oxygens (including phenoxy) is 1. The summed E-state index contributed by atoms with van der Waals surface area (Å²) < 4.78 is 5.14. The molecule has 0 radical (unpaired) electrons. The zero-order valence-electron chi connectivity index (χ0n) is 13.1. The van der Waals surface area contributed by atoms with Crippen molar-refractivity contribution in [3.05, 3.63) is 23.9 Å². The maximum atomic E-state index is 5.14. The van der Waals surface area contributed by atoms with Gasteiger partial charge in [0.05, 0.1) is 19.3 Å². The first-order chi connectivity index (χ1) is 10.3. The van der Waals surface area contributed by atoms with Gasteiger partial charge in [0.15, 0.2) is 5.96 Å². The standard InChI is InChI=1S/C16H26N4O/c1-3-17-16(20-13-8-5-4-6-9-13)18-12-14-10-7-11-15(19-14)21-2/h7,10-11,13H,3-6,8-9,12H2,1-2H3,(H2,17,18,20). The molecule has 1 aromatic heterocycles. The van der Waals surface area contributed by atoms with Gasteiger partial charge in [-0.1, -0.05) is 25.3 Å². The highest BCUT2D eigenvalue weighted by Crippen LogP contribution is 2.17. The van der Waals surface area contributed by atoms with Gasteiger partial charge in [0.1, 0.15) is 0 Å². The third kappa shape index (κ3) is 5.25. The fourth-order valence-electron chi connectivity index (χ4n) is 2.58. The third-order valence-corrected chi connectivity index (χ3v) is 3.68. The maximum absolute atomic E-state index is 5.14. The number of nitrogens with zero attached hydrogens (tertiary/aromatic N) is 2. The van der Waals surface area contributed by atoms with Crippen LogP contribution in [0, 0.1) is 0 Å². The van der Waals surface area contributed by atoms with Crippen LogP contribution in [0.1, 0.15) is 44.7 Å². The van der Waals surface area contributed by atoms with Crippen LogP contribution in [0.15, 0.2) is 23.2 Å². The van der Waals surface area contributed by atoms with Crippen LogP contribution in [0.2, 0.25) is 0 Å². The van der Waals surface area contributed by atoms with Gasteiger partial charge in [0.25, 0.3) is 0 Å². The molecular formula is C16H26N4O. The zero-order chi connectivity index (χ0) is 14.9. The molecule has 1 aromatic rings. The first-order valence-electron chi connectivity index (χ1n) is 7.86. The lowest BCUT2D eigenvalue weighted by atomic mass is 9.96. The van der Waals surface area contributed by atoms with Crippen molar-refractivity contribution in [3.63, 3.8) is 0 Å². The summed E-state index contributed by atoms with van der Waals surface area (Å²) in [6.07, 6.45) is 6.46. The second kappa shape index (κ2) is 8.49. The van der Waals surface area contributed by atoms with E-state index in [2.05, 4.69) is 27.5 Å². The number of hydrogen-bond donors (Lipinski definition) is 2. The predicted molar refractivity (Wildman–Crippen MR) is 85.6 cm³/mol. The smallest absolute Gasteiger partial charge is 0.213 e. The molecule has 0 bridgehead atoms. The molecule has 1 heterocycles. The van der Waals surface area contributed by atoms with Crippen LogP contribution in [0.3, 0.4) is 0 Å². The Morgan fingerprint density at radius 1 is 1.33 bits per heavy atom. The molecular weight excluding hydrogens is 264 g/mol. The van der Waals surface area contributed by atoms with Crippen molar-refractivity contribution >= 4 is 5.96 Å². The summed E-state index contributed by atoms with van der Waals surface area (Å²) in [5.41, 5.74) is 0.912. The molecule has 2 N–H and O–H groups in total. The van der Waals surface area contributed by atoms with E-state index in [4.69, 9.17) is 4.74 Å². The van der Waals surface area contributed by atoms with Crippen LogP contribution in [-0.2, 0) is 6.54 Å². The fourth-order valence-corrected chi connectivity index (χ4v) is 2.58. The number of aliphatic imine (C=N–C) groups is 1. The Bertz CT molecular complexity index is 455. The van der Waals surface area contributed by atoms with Crippen molar-refractivity contribution in [2.75, 3.05) is 13.7 Å². The summed E-state index contributed by atoms with van der Waals surface area (Å²) in [4.78, 5) is 9.01. The Kier molecular flexibility index (Phi) is 6.31. The molecule has 116 valence electrons. The number of aromatic nitrogens is 1. The summed E-state index contributed by atoms with van der Waals surface area (Å²) >= 11 is 0. The van der Waals surface area contributed by atoms with Crippen molar-refractivity contribution in [1.82, 2.24) is 15.6 Å². The van der Waals surface area contributed by atoms with Gasteiger partial charge in [-0.05, 0) is 25.8 Å². The fraction of sp³-hybridized carbons (Fsp3) is 0.625. The SMILES string of the molecule is CCNC(=NCc1cccc(OC)n1)NC1CCCCC1. The monoisotopic (exact) mass is 290 g/mol. The number of hydrogen-bond acceptors (Lipinski definition) is 3. The van der Waals surface area contributed by atoms with E-state index in [1.54, 1.807) is 7.11 Å². The second-order valence-corrected chi connectivity index (χ2v) is 5.35. The topological polar surface area (TPSA) is 58.5 Å². The van der Waals surface area contributed by atoms with E-state index in [1.807, 2.05) is 18.2 Å². The molecule has 0 amide bonds. The van der Waals surface area contributed by atoms with Crippen LogP contribution >= 0.6 is 0 Å². The van der Waals surface area contributed by atoms with Crippen molar-refractivity contribution in [2.45, 2.75) is 51.6 Å². The maximum Gasteiger partial charge on any atom is 0.213 e. The molecule has 0 atom stereocenters. The van der Waals surface area contributed by atoms with Gasteiger partial charge in [-0.25, -0.2) is 9.98 Å². The number of pyridine rings is 1. The molecule has 2 rings (SSSR count). The number of methoxy groups -OCH3 is 1. The third-order valence-electron chi connectivity index (χ3n) is 3.68. The van der Waals surface area contributed by atoms with Gasteiger partial charge in [-0.3, -0.25) is 0 Å². The van der Waals surface area contributed by atoms with Crippen LogP contribution in [0.5, 0.6) is 5.88 Å². The second-order valence-electron chi connectivity index (χ2n) is 5.35. The Balaban J connectivity index is 1.95. The average molecular weight is 290 g/mol. The largest absolute Gasteiger partial charge is 0.481 e. The molecule has 5 heteroatoms. The summed E-state index contributed by atoms with van der Waals surface area (Å²) in [5, 5.41) is 6.84. The first kappa shape index (κ1) is 15.6. The van der Waals surface area contributed by atoms with E-state index in [9.17, 15) is 0 Å². The highest BCUT2D eigenvalue weighted by molar-refractivity contribution is 5.80. The summed E-state index contributed by atoms with van der Waals surface area (Å²) in [5.74, 6) is 1.52. The number of nitrogens with one attached hydrogen (secondary N) is 2. The van der Waals surface area contributed by atoms with Crippen LogP contribution < -0.4 is 15.4 Å². The highest BCUT2D eigenvalue weighted by atomic mass is 16.5. The minimum atomic E-state index is 0.551. The quantitative estimate of drug-likeness (QED) is 0.646. The van der Waals surface area contributed by atoms with Gasteiger partial charge in [0.2, 0.25) is 5.88 Å². The summed E-state index contributed by atoms with van der Waals surface area (Å²) in [7, 11) is 1.63. The Labute approximate surface area is 127 Å². The van der Waals surface area contributed by atoms with Crippen molar-refractivity contribution in [3.8, 4) is 5.88 Å². The van der Waals surface area contributed by atoms with E-state index >= 15 is 0 Å². The molecule has 5 nitrogen and oxygen atoms in total. The van der Waals surface area contributed by atoms with E-state index in [0.717, 1.165) is 18.2 Å². The lowest BCUT2D eigenvalue weighted by molar-refractivity contribution is 0.396. The molecule has 0 aliphatic heterocycles. The van der Waals surface area contributed by atoms with Crippen LogP contribution in [0.25, 0.3) is 0 Å². The number of guanidine groups is 1. The Morgan fingerprint density at radius 2 is 2.14 bits per heavy atom. The Hall–Kier alpha value is -1.78.